The minimum atomic E-state index is 1.02. The second kappa shape index (κ2) is 6.61. The molecule has 3 heterocycles. The Hall–Kier alpha value is -2.40. The quantitative estimate of drug-likeness (QED) is 0.739. The number of nitrogens with zero attached hydrogens (tertiary/aromatic N) is 5. The SMILES string of the molecule is Cc1cc2c(N3CCN(CCc4ccccc4)CC3)nccn2n1. The van der Waals surface area contributed by atoms with Crippen LogP contribution in [0.1, 0.15) is 11.3 Å². The predicted molar refractivity (Wildman–Crippen MR) is 96.5 cm³/mol. The lowest BCUT2D eigenvalue weighted by molar-refractivity contribution is 0.260. The molecule has 1 fully saturated rings. The Labute approximate surface area is 142 Å². The molecule has 4 rings (SSSR count). The molecule has 0 aliphatic carbocycles. The van der Waals surface area contributed by atoms with E-state index in [2.05, 4.69) is 56.3 Å². The van der Waals surface area contributed by atoms with Gasteiger partial charge in [-0.25, -0.2) is 9.50 Å². The van der Waals surface area contributed by atoms with Crippen LogP contribution in [0.4, 0.5) is 5.82 Å². The Morgan fingerprint density at radius 3 is 2.62 bits per heavy atom. The summed E-state index contributed by atoms with van der Waals surface area (Å²) in [6, 6.07) is 12.9. The predicted octanol–water partition coefficient (Wildman–Crippen LogP) is 2.40. The Balaban J connectivity index is 1.39. The Kier molecular flexibility index (Phi) is 4.17. The van der Waals surface area contributed by atoms with E-state index in [4.69, 9.17) is 0 Å². The molecule has 24 heavy (non-hydrogen) atoms. The summed E-state index contributed by atoms with van der Waals surface area (Å²) in [7, 11) is 0. The second-order valence-corrected chi connectivity index (χ2v) is 6.43. The monoisotopic (exact) mass is 321 g/mol. The third-order valence-electron chi connectivity index (χ3n) is 4.72. The number of aryl methyl sites for hydroxylation is 1. The van der Waals surface area contributed by atoms with Gasteiger partial charge >= 0.3 is 0 Å². The van der Waals surface area contributed by atoms with E-state index < -0.39 is 0 Å². The summed E-state index contributed by atoms with van der Waals surface area (Å²) in [5.41, 5.74) is 3.56. The van der Waals surface area contributed by atoms with Crippen LogP contribution in [-0.2, 0) is 6.42 Å². The first kappa shape index (κ1) is 15.1. The van der Waals surface area contributed by atoms with Gasteiger partial charge in [0.25, 0.3) is 0 Å². The normalized spacial score (nSPS) is 16.0. The highest BCUT2D eigenvalue weighted by atomic mass is 15.3. The molecule has 5 heteroatoms. The molecule has 0 amide bonds. The highest BCUT2D eigenvalue weighted by molar-refractivity contribution is 5.69. The first-order chi connectivity index (χ1) is 11.8. The molecule has 0 N–H and O–H groups in total. The van der Waals surface area contributed by atoms with Gasteiger partial charge in [-0.1, -0.05) is 30.3 Å². The fourth-order valence-electron chi connectivity index (χ4n) is 3.39. The number of benzene rings is 1. The Bertz CT molecular complexity index is 803. The molecule has 1 aliphatic rings. The zero-order valence-corrected chi connectivity index (χ0v) is 14.1. The zero-order valence-electron chi connectivity index (χ0n) is 14.1. The van der Waals surface area contributed by atoms with Crippen molar-refractivity contribution < 1.29 is 0 Å². The van der Waals surface area contributed by atoms with Gasteiger partial charge in [-0.15, -0.1) is 0 Å². The number of rotatable bonds is 4. The van der Waals surface area contributed by atoms with Crippen molar-refractivity contribution >= 4 is 11.3 Å². The van der Waals surface area contributed by atoms with Crippen molar-refractivity contribution in [1.82, 2.24) is 19.5 Å². The van der Waals surface area contributed by atoms with Crippen LogP contribution in [0.2, 0.25) is 0 Å². The molecule has 0 spiro atoms. The lowest BCUT2D eigenvalue weighted by Gasteiger charge is -2.35. The van der Waals surface area contributed by atoms with Crippen LogP contribution in [0.25, 0.3) is 5.52 Å². The van der Waals surface area contributed by atoms with Gasteiger partial charge in [0.05, 0.1) is 5.69 Å². The summed E-state index contributed by atoms with van der Waals surface area (Å²) in [5.74, 6) is 1.06. The van der Waals surface area contributed by atoms with Crippen molar-refractivity contribution in [3.05, 3.63) is 60.0 Å². The first-order valence-electron chi connectivity index (χ1n) is 8.62. The van der Waals surface area contributed by atoms with Gasteiger partial charge in [-0.2, -0.15) is 5.10 Å². The van der Waals surface area contributed by atoms with Crippen molar-refractivity contribution in [2.75, 3.05) is 37.6 Å². The average molecular weight is 321 g/mol. The maximum absolute atomic E-state index is 4.61. The molecular formula is C19H23N5. The Morgan fingerprint density at radius 2 is 1.83 bits per heavy atom. The second-order valence-electron chi connectivity index (χ2n) is 6.43. The fourth-order valence-corrected chi connectivity index (χ4v) is 3.39. The first-order valence-corrected chi connectivity index (χ1v) is 8.62. The zero-order chi connectivity index (χ0) is 16.4. The molecule has 0 unspecified atom stereocenters. The van der Waals surface area contributed by atoms with E-state index in [0.29, 0.717) is 0 Å². The van der Waals surface area contributed by atoms with Gasteiger partial charge in [-0.05, 0) is 25.0 Å². The van der Waals surface area contributed by atoms with E-state index in [1.807, 2.05) is 23.8 Å². The van der Waals surface area contributed by atoms with E-state index >= 15 is 0 Å². The maximum Gasteiger partial charge on any atom is 0.154 e. The van der Waals surface area contributed by atoms with Crippen LogP contribution in [0.3, 0.4) is 0 Å². The smallest absolute Gasteiger partial charge is 0.154 e. The molecule has 3 aromatic rings. The summed E-state index contributed by atoms with van der Waals surface area (Å²) < 4.78 is 1.93. The van der Waals surface area contributed by atoms with Gasteiger partial charge in [0.15, 0.2) is 5.82 Å². The summed E-state index contributed by atoms with van der Waals surface area (Å²) >= 11 is 0. The molecule has 1 aliphatic heterocycles. The molecule has 2 aromatic heterocycles. The van der Waals surface area contributed by atoms with E-state index in [1.165, 1.54) is 5.56 Å². The highest BCUT2D eigenvalue weighted by Crippen LogP contribution is 2.20. The summed E-state index contributed by atoms with van der Waals surface area (Å²) in [4.78, 5) is 9.54. The number of hydrogen-bond donors (Lipinski definition) is 0. The minimum absolute atomic E-state index is 1.02. The third kappa shape index (κ3) is 3.12. The molecule has 1 saturated heterocycles. The van der Waals surface area contributed by atoms with Crippen LogP contribution < -0.4 is 4.90 Å². The largest absolute Gasteiger partial charge is 0.352 e. The molecule has 0 bridgehead atoms. The number of aromatic nitrogens is 3. The summed E-state index contributed by atoms with van der Waals surface area (Å²) in [6.45, 7) is 7.36. The molecule has 124 valence electrons. The number of fused-ring (bicyclic) bond motifs is 1. The van der Waals surface area contributed by atoms with Gasteiger partial charge in [0, 0.05) is 45.1 Å². The van der Waals surface area contributed by atoms with Crippen molar-refractivity contribution in [2.45, 2.75) is 13.3 Å². The van der Waals surface area contributed by atoms with Crippen LogP contribution in [-0.4, -0.2) is 52.2 Å². The van der Waals surface area contributed by atoms with E-state index in [9.17, 15) is 0 Å². The standard InChI is InChI=1S/C19H23N5/c1-16-15-18-19(20-8-10-24(18)21-16)23-13-11-22(12-14-23)9-7-17-5-3-2-4-6-17/h2-6,8,10,15H,7,9,11-14H2,1H3. The van der Waals surface area contributed by atoms with Gasteiger partial charge < -0.3 is 4.90 Å². The van der Waals surface area contributed by atoms with Crippen molar-refractivity contribution in [2.24, 2.45) is 0 Å². The van der Waals surface area contributed by atoms with E-state index in [0.717, 1.165) is 56.2 Å². The summed E-state index contributed by atoms with van der Waals surface area (Å²) in [5, 5.41) is 4.49. The lowest BCUT2D eigenvalue weighted by Crippen LogP contribution is -2.47. The number of piperazine rings is 1. The molecule has 0 atom stereocenters. The minimum Gasteiger partial charge on any atom is -0.352 e. The fraction of sp³-hybridized carbons (Fsp3) is 0.368. The van der Waals surface area contributed by atoms with Crippen molar-refractivity contribution in [1.29, 1.82) is 0 Å². The molecule has 0 radical (unpaired) electrons. The third-order valence-corrected chi connectivity index (χ3v) is 4.72. The van der Waals surface area contributed by atoms with E-state index in [1.54, 1.807) is 0 Å². The van der Waals surface area contributed by atoms with Crippen LogP contribution >= 0.6 is 0 Å². The van der Waals surface area contributed by atoms with E-state index in [-0.39, 0.29) is 0 Å². The topological polar surface area (TPSA) is 36.7 Å². The number of anilines is 1. The van der Waals surface area contributed by atoms with Crippen molar-refractivity contribution in [3.8, 4) is 0 Å². The Morgan fingerprint density at radius 1 is 1.04 bits per heavy atom. The highest BCUT2D eigenvalue weighted by Gasteiger charge is 2.20. The van der Waals surface area contributed by atoms with Gasteiger partial charge in [0.2, 0.25) is 0 Å². The molecule has 5 nitrogen and oxygen atoms in total. The van der Waals surface area contributed by atoms with Crippen LogP contribution in [0.5, 0.6) is 0 Å². The van der Waals surface area contributed by atoms with Gasteiger partial charge in [0.1, 0.15) is 5.52 Å². The van der Waals surface area contributed by atoms with Crippen LogP contribution in [0.15, 0.2) is 48.8 Å². The van der Waals surface area contributed by atoms with Gasteiger partial charge in [-0.3, -0.25) is 4.90 Å². The lowest BCUT2D eigenvalue weighted by atomic mass is 10.1. The molecule has 0 saturated carbocycles. The molecular weight excluding hydrogens is 298 g/mol. The maximum atomic E-state index is 4.61. The van der Waals surface area contributed by atoms with Crippen LogP contribution in [0, 0.1) is 6.92 Å². The summed E-state index contributed by atoms with van der Waals surface area (Å²) in [6.07, 6.45) is 4.88. The number of hydrogen-bond acceptors (Lipinski definition) is 4. The molecule has 1 aromatic carbocycles. The average Bonchev–Trinajstić information content (AvgIpc) is 3.01. The van der Waals surface area contributed by atoms with Crippen molar-refractivity contribution in [3.63, 3.8) is 0 Å².